The van der Waals surface area contributed by atoms with E-state index in [1.165, 1.54) is 21.8 Å². The van der Waals surface area contributed by atoms with Gasteiger partial charge in [-0.3, -0.25) is 10.1 Å². The van der Waals surface area contributed by atoms with Gasteiger partial charge in [0.25, 0.3) is 5.91 Å². The molecule has 24 heavy (non-hydrogen) atoms. The Morgan fingerprint density at radius 3 is 2.88 bits per heavy atom. The summed E-state index contributed by atoms with van der Waals surface area (Å²) in [6, 6.07) is 6.21. The molecule has 0 spiro atoms. The first kappa shape index (κ1) is 16.9. The van der Waals surface area contributed by atoms with E-state index >= 15 is 0 Å². The summed E-state index contributed by atoms with van der Waals surface area (Å²) >= 11 is 3.19. The molecule has 0 aliphatic rings. The largest absolute Gasteiger partial charge is 0.343 e. The molecule has 126 valence electrons. The molecule has 0 saturated carbocycles. The van der Waals surface area contributed by atoms with E-state index in [9.17, 15) is 4.79 Å². The Morgan fingerprint density at radius 1 is 1.33 bits per heavy atom. The van der Waals surface area contributed by atoms with Gasteiger partial charge in [-0.1, -0.05) is 19.9 Å². The van der Waals surface area contributed by atoms with Crippen LogP contribution >= 0.6 is 22.7 Å². The lowest BCUT2D eigenvalue weighted by atomic mass is 10.1. The van der Waals surface area contributed by atoms with Gasteiger partial charge in [0, 0.05) is 29.2 Å². The Bertz CT molecular complexity index is 773. The van der Waals surface area contributed by atoms with Crippen LogP contribution in [0.25, 0.3) is 0 Å². The van der Waals surface area contributed by atoms with Crippen LogP contribution in [-0.2, 0) is 19.4 Å². The first-order valence-corrected chi connectivity index (χ1v) is 9.80. The van der Waals surface area contributed by atoms with Gasteiger partial charge in [-0.05, 0) is 41.8 Å². The first-order valence-electron chi connectivity index (χ1n) is 8.04. The number of hydrogen-bond donors (Lipinski definition) is 1. The molecule has 0 aliphatic heterocycles. The van der Waals surface area contributed by atoms with E-state index < -0.39 is 0 Å². The Morgan fingerprint density at radius 2 is 2.21 bits per heavy atom. The fourth-order valence-electron chi connectivity index (χ4n) is 2.66. The predicted molar refractivity (Wildman–Crippen MR) is 101 cm³/mol. The molecule has 0 saturated heterocycles. The van der Waals surface area contributed by atoms with Gasteiger partial charge in [-0.2, -0.15) is 0 Å². The first-order chi connectivity index (χ1) is 11.6. The van der Waals surface area contributed by atoms with Crippen LogP contribution in [0, 0.1) is 5.92 Å². The van der Waals surface area contributed by atoms with Crippen molar-refractivity contribution in [3.05, 3.63) is 57.5 Å². The minimum absolute atomic E-state index is 0.0915. The molecule has 0 bridgehead atoms. The zero-order chi connectivity index (χ0) is 16.9. The van der Waals surface area contributed by atoms with Crippen molar-refractivity contribution < 1.29 is 4.79 Å². The van der Waals surface area contributed by atoms with Crippen molar-refractivity contribution in [2.45, 2.75) is 33.2 Å². The standard InChI is InChI=1S/C18H21N3OS2/c1-13(2)10-14-11-16(17(22)20-18-19-6-9-24-18)21(12-14)7-5-15-4-3-8-23-15/h3-4,6,8-9,11-13H,5,7,10H2,1-2H3,(H,19,20,22). The van der Waals surface area contributed by atoms with Crippen LogP contribution in [0.3, 0.4) is 0 Å². The van der Waals surface area contributed by atoms with Crippen molar-refractivity contribution in [3.8, 4) is 0 Å². The molecular weight excluding hydrogens is 338 g/mol. The van der Waals surface area contributed by atoms with Gasteiger partial charge in [-0.25, -0.2) is 4.98 Å². The van der Waals surface area contributed by atoms with Crippen LogP contribution in [0.2, 0.25) is 0 Å². The fraction of sp³-hybridized carbons (Fsp3) is 0.333. The van der Waals surface area contributed by atoms with Crippen molar-refractivity contribution in [1.82, 2.24) is 9.55 Å². The summed E-state index contributed by atoms with van der Waals surface area (Å²) < 4.78 is 2.07. The molecule has 0 unspecified atom stereocenters. The molecule has 0 radical (unpaired) electrons. The molecule has 3 aromatic heterocycles. The summed E-state index contributed by atoms with van der Waals surface area (Å²) in [6.45, 7) is 5.19. The minimum Gasteiger partial charge on any atom is -0.343 e. The Hall–Kier alpha value is -1.92. The number of aromatic nitrogens is 2. The number of hydrogen-bond acceptors (Lipinski definition) is 4. The summed E-state index contributed by atoms with van der Waals surface area (Å²) in [5, 5.41) is 7.47. The van der Waals surface area contributed by atoms with Gasteiger partial charge >= 0.3 is 0 Å². The highest BCUT2D eigenvalue weighted by Gasteiger charge is 2.15. The van der Waals surface area contributed by atoms with Crippen LogP contribution in [0.5, 0.6) is 0 Å². The van der Waals surface area contributed by atoms with Gasteiger partial charge in [0.05, 0.1) is 0 Å². The Balaban J connectivity index is 1.78. The average Bonchev–Trinajstić information content (AvgIpc) is 3.26. The third-order valence-corrected chi connectivity index (χ3v) is 5.29. The summed E-state index contributed by atoms with van der Waals surface area (Å²) in [7, 11) is 0. The van der Waals surface area contributed by atoms with E-state index in [0.717, 1.165) is 19.4 Å². The second-order valence-corrected chi connectivity index (χ2v) is 8.07. The van der Waals surface area contributed by atoms with E-state index in [2.05, 4.69) is 52.4 Å². The molecule has 6 heteroatoms. The highest BCUT2D eigenvalue weighted by molar-refractivity contribution is 7.13. The molecule has 3 heterocycles. The fourth-order valence-corrected chi connectivity index (χ4v) is 3.88. The van der Waals surface area contributed by atoms with Gasteiger partial charge in [0.15, 0.2) is 5.13 Å². The molecule has 1 N–H and O–H groups in total. The lowest BCUT2D eigenvalue weighted by molar-refractivity contribution is 0.101. The normalized spacial score (nSPS) is 11.1. The quantitative estimate of drug-likeness (QED) is 0.665. The van der Waals surface area contributed by atoms with Gasteiger partial charge in [-0.15, -0.1) is 22.7 Å². The van der Waals surface area contributed by atoms with Crippen LogP contribution in [0.15, 0.2) is 41.4 Å². The predicted octanol–water partition coefficient (Wildman–Crippen LogP) is 4.70. The molecule has 4 nitrogen and oxygen atoms in total. The molecule has 0 aliphatic carbocycles. The van der Waals surface area contributed by atoms with E-state index in [1.54, 1.807) is 17.5 Å². The molecule has 1 amide bonds. The number of aryl methyl sites for hydroxylation is 2. The van der Waals surface area contributed by atoms with Crippen molar-refractivity contribution in [3.63, 3.8) is 0 Å². The number of carbonyl (C=O) groups is 1. The smallest absolute Gasteiger partial charge is 0.274 e. The Labute approximate surface area is 150 Å². The molecule has 0 atom stereocenters. The molecule has 0 aromatic carbocycles. The summed E-state index contributed by atoms with van der Waals surface area (Å²) in [4.78, 5) is 18.1. The minimum atomic E-state index is -0.0915. The van der Waals surface area contributed by atoms with Crippen LogP contribution < -0.4 is 5.32 Å². The number of thiazole rings is 1. The summed E-state index contributed by atoms with van der Waals surface area (Å²) in [6.07, 6.45) is 5.72. The second kappa shape index (κ2) is 7.77. The summed E-state index contributed by atoms with van der Waals surface area (Å²) in [5.41, 5.74) is 1.91. The van der Waals surface area contributed by atoms with E-state index in [0.29, 0.717) is 16.7 Å². The molecule has 0 fully saturated rings. The van der Waals surface area contributed by atoms with Gasteiger partial charge in [0.2, 0.25) is 0 Å². The maximum absolute atomic E-state index is 12.6. The van der Waals surface area contributed by atoms with Crippen molar-refractivity contribution >= 4 is 33.7 Å². The monoisotopic (exact) mass is 359 g/mol. The number of nitrogens with one attached hydrogen (secondary N) is 1. The SMILES string of the molecule is CC(C)Cc1cc(C(=O)Nc2nccs2)n(CCc2cccs2)c1. The summed E-state index contributed by atoms with van der Waals surface area (Å²) in [5.74, 6) is 0.471. The topological polar surface area (TPSA) is 46.9 Å². The lowest BCUT2D eigenvalue weighted by Gasteiger charge is -2.08. The van der Waals surface area contributed by atoms with Crippen molar-refractivity contribution in [1.29, 1.82) is 0 Å². The van der Waals surface area contributed by atoms with Crippen LogP contribution in [0.4, 0.5) is 5.13 Å². The molecular formula is C18H21N3OS2. The number of amides is 1. The highest BCUT2D eigenvalue weighted by Crippen LogP contribution is 2.18. The Kier molecular flexibility index (Phi) is 5.48. The zero-order valence-corrected chi connectivity index (χ0v) is 15.5. The lowest BCUT2D eigenvalue weighted by Crippen LogP contribution is -2.17. The molecule has 3 aromatic rings. The van der Waals surface area contributed by atoms with E-state index in [4.69, 9.17) is 0 Å². The van der Waals surface area contributed by atoms with E-state index in [-0.39, 0.29) is 5.91 Å². The second-order valence-electron chi connectivity index (χ2n) is 6.15. The third kappa shape index (κ3) is 4.33. The van der Waals surface area contributed by atoms with Crippen molar-refractivity contribution in [2.75, 3.05) is 5.32 Å². The van der Waals surface area contributed by atoms with Crippen LogP contribution in [0.1, 0.15) is 34.8 Å². The average molecular weight is 360 g/mol. The number of nitrogens with zero attached hydrogens (tertiary/aromatic N) is 2. The van der Waals surface area contributed by atoms with Crippen molar-refractivity contribution in [2.24, 2.45) is 5.92 Å². The maximum Gasteiger partial charge on any atom is 0.274 e. The maximum atomic E-state index is 12.6. The third-order valence-electron chi connectivity index (χ3n) is 3.66. The number of thiophene rings is 1. The van der Waals surface area contributed by atoms with Gasteiger partial charge in [0.1, 0.15) is 5.69 Å². The highest BCUT2D eigenvalue weighted by atomic mass is 32.1. The number of anilines is 1. The van der Waals surface area contributed by atoms with E-state index in [1.807, 2.05) is 11.4 Å². The van der Waals surface area contributed by atoms with Crippen LogP contribution in [-0.4, -0.2) is 15.5 Å². The number of rotatable bonds is 7. The van der Waals surface area contributed by atoms with Gasteiger partial charge < -0.3 is 4.57 Å². The zero-order valence-electron chi connectivity index (χ0n) is 13.9. The molecule has 3 rings (SSSR count). The number of carbonyl (C=O) groups excluding carboxylic acids is 1.